The molecule has 1 atom stereocenters. The van der Waals surface area contributed by atoms with Crippen molar-refractivity contribution in [3.63, 3.8) is 0 Å². The number of amides is 1. The Morgan fingerprint density at radius 2 is 1.72 bits per heavy atom. The van der Waals surface area contributed by atoms with Crippen LogP contribution >= 0.6 is 0 Å². The maximum absolute atomic E-state index is 12.9. The molecular weight excluding hydrogens is 404 g/mol. The van der Waals surface area contributed by atoms with Crippen molar-refractivity contribution in [3.05, 3.63) is 71.9 Å². The monoisotopic (exact) mass is 434 g/mol. The Bertz CT molecular complexity index is 1070. The second-order valence-corrected chi connectivity index (χ2v) is 8.88. The predicted octanol–water partition coefficient (Wildman–Crippen LogP) is 4.37. The fourth-order valence-corrected chi connectivity index (χ4v) is 3.24. The first-order valence-electron chi connectivity index (χ1n) is 10.6. The largest absolute Gasteiger partial charge is 0.481 e. The van der Waals surface area contributed by atoms with Gasteiger partial charge in [-0.25, -0.2) is 0 Å². The molecule has 1 heterocycles. The van der Waals surface area contributed by atoms with E-state index in [9.17, 15) is 9.59 Å². The number of aliphatic carboxylic acids is 1. The lowest BCUT2D eigenvalue weighted by atomic mass is 10.1. The normalized spacial score (nSPS) is 12.4. The van der Waals surface area contributed by atoms with Gasteiger partial charge >= 0.3 is 5.97 Å². The number of carbonyl (C=O) groups is 2. The SMILES string of the molecule is C[C@H](CNCc1ccc(NC(=O)c2cc(-c3ccccc3)n(C(C)(C)C)n2)cc1)C(=O)O. The van der Waals surface area contributed by atoms with Crippen LogP contribution in [0.15, 0.2) is 60.7 Å². The Hall–Kier alpha value is -3.45. The molecule has 2 aromatic carbocycles. The number of hydrogen-bond donors (Lipinski definition) is 3. The van der Waals surface area contributed by atoms with Gasteiger partial charge in [0.2, 0.25) is 0 Å². The highest BCUT2D eigenvalue weighted by Crippen LogP contribution is 2.27. The van der Waals surface area contributed by atoms with Gasteiger partial charge in [-0.1, -0.05) is 49.4 Å². The maximum Gasteiger partial charge on any atom is 0.307 e. The van der Waals surface area contributed by atoms with E-state index in [1.165, 1.54) is 0 Å². The number of rotatable bonds is 8. The summed E-state index contributed by atoms with van der Waals surface area (Å²) in [6.07, 6.45) is 0. The minimum Gasteiger partial charge on any atom is -0.481 e. The van der Waals surface area contributed by atoms with Crippen LogP contribution in [0.1, 0.15) is 43.7 Å². The van der Waals surface area contributed by atoms with Crippen LogP contribution in [0.5, 0.6) is 0 Å². The standard InChI is InChI=1S/C25H30N4O3/c1-17(24(31)32)15-26-16-18-10-12-20(13-11-18)27-23(30)21-14-22(19-8-6-5-7-9-19)29(28-21)25(2,3)4/h5-14,17,26H,15-16H2,1-4H3,(H,27,30)(H,31,32)/t17-/m1/s1. The molecule has 0 saturated carbocycles. The third-order valence-corrected chi connectivity index (χ3v) is 5.06. The van der Waals surface area contributed by atoms with E-state index in [2.05, 4.69) is 36.5 Å². The van der Waals surface area contributed by atoms with Gasteiger partial charge in [-0.2, -0.15) is 5.10 Å². The highest BCUT2D eigenvalue weighted by atomic mass is 16.4. The minimum absolute atomic E-state index is 0.272. The second kappa shape index (κ2) is 9.78. The second-order valence-electron chi connectivity index (χ2n) is 8.88. The highest BCUT2D eigenvalue weighted by Gasteiger charge is 2.23. The number of aromatic nitrogens is 2. The van der Waals surface area contributed by atoms with Crippen LogP contribution in [-0.2, 0) is 16.9 Å². The summed E-state index contributed by atoms with van der Waals surface area (Å²) in [5, 5.41) is 19.6. The lowest BCUT2D eigenvalue weighted by Gasteiger charge is -2.22. The highest BCUT2D eigenvalue weighted by molar-refractivity contribution is 6.03. The third-order valence-electron chi connectivity index (χ3n) is 5.06. The zero-order chi connectivity index (χ0) is 23.3. The van der Waals surface area contributed by atoms with Crippen LogP contribution in [0.2, 0.25) is 0 Å². The van der Waals surface area contributed by atoms with Gasteiger partial charge < -0.3 is 15.7 Å². The van der Waals surface area contributed by atoms with Crippen molar-refractivity contribution in [3.8, 4) is 11.3 Å². The smallest absolute Gasteiger partial charge is 0.307 e. The van der Waals surface area contributed by atoms with Crippen LogP contribution in [-0.4, -0.2) is 33.3 Å². The molecule has 0 saturated heterocycles. The van der Waals surface area contributed by atoms with Gasteiger partial charge in [0.05, 0.1) is 17.2 Å². The summed E-state index contributed by atoms with van der Waals surface area (Å²) < 4.78 is 1.88. The molecule has 0 aliphatic rings. The van der Waals surface area contributed by atoms with E-state index in [-0.39, 0.29) is 11.4 Å². The predicted molar refractivity (Wildman–Crippen MR) is 126 cm³/mol. The summed E-state index contributed by atoms with van der Waals surface area (Å²) in [7, 11) is 0. The summed E-state index contributed by atoms with van der Waals surface area (Å²) in [6.45, 7) is 8.78. The van der Waals surface area contributed by atoms with Gasteiger partial charge in [0.25, 0.3) is 5.91 Å². The molecule has 1 amide bonds. The molecule has 3 rings (SSSR count). The van der Waals surface area contributed by atoms with Crippen LogP contribution < -0.4 is 10.6 Å². The Labute approximate surface area is 188 Å². The summed E-state index contributed by atoms with van der Waals surface area (Å²) in [4.78, 5) is 23.8. The lowest BCUT2D eigenvalue weighted by Crippen LogP contribution is -2.25. The Morgan fingerprint density at radius 3 is 2.31 bits per heavy atom. The average molecular weight is 435 g/mol. The van der Waals surface area contributed by atoms with Gasteiger partial charge in [0.15, 0.2) is 5.69 Å². The molecule has 3 N–H and O–H groups in total. The van der Waals surface area contributed by atoms with Gasteiger partial charge in [0.1, 0.15) is 0 Å². The first kappa shape index (κ1) is 23.2. The van der Waals surface area contributed by atoms with E-state index in [1.54, 1.807) is 6.92 Å². The number of benzene rings is 2. The van der Waals surface area contributed by atoms with Crippen molar-refractivity contribution >= 4 is 17.6 Å². The molecular formula is C25H30N4O3. The van der Waals surface area contributed by atoms with Crippen molar-refractivity contribution in [1.82, 2.24) is 15.1 Å². The Balaban J connectivity index is 1.69. The first-order valence-corrected chi connectivity index (χ1v) is 10.6. The summed E-state index contributed by atoms with van der Waals surface area (Å²) >= 11 is 0. The van der Waals surface area contributed by atoms with Gasteiger partial charge in [-0.15, -0.1) is 0 Å². The Morgan fingerprint density at radius 1 is 1.06 bits per heavy atom. The molecule has 0 fully saturated rings. The van der Waals surface area contributed by atoms with E-state index in [0.29, 0.717) is 24.5 Å². The number of carboxylic acids is 1. The molecule has 0 radical (unpaired) electrons. The molecule has 3 aromatic rings. The van der Waals surface area contributed by atoms with Crippen molar-refractivity contribution in [2.24, 2.45) is 5.92 Å². The van der Waals surface area contributed by atoms with Crippen LogP contribution in [0, 0.1) is 5.92 Å². The van der Waals surface area contributed by atoms with Crippen LogP contribution in [0.3, 0.4) is 0 Å². The first-order chi connectivity index (χ1) is 15.1. The maximum atomic E-state index is 12.9. The van der Waals surface area contributed by atoms with E-state index in [4.69, 9.17) is 5.11 Å². The molecule has 0 unspecified atom stereocenters. The van der Waals surface area contributed by atoms with E-state index in [0.717, 1.165) is 16.8 Å². The summed E-state index contributed by atoms with van der Waals surface area (Å²) in [5.74, 6) is -1.53. The molecule has 0 aliphatic carbocycles. The molecule has 1 aromatic heterocycles. The molecule has 7 nitrogen and oxygen atoms in total. The van der Waals surface area contributed by atoms with Gasteiger partial charge in [-0.3, -0.25) is 14.3 Å². The van der Waals surface area contributed by atoms with Crippen molar-refractivity contribution < 1.29 is 14.7 Å². The van der Waals surface area contributed by atoms with Gasteiger partial charge in [0, 0.05) is 18.8 Å². The lowest BCUT2D eigenvalue weighted by molar-refractivity contribution is -0.140. The van der Waals surface area contributed by atoms with E-state index < -0.39 is 11.9 Å². The van der Waals surface area contributed by atoms with Crippen molar-refractivity contribution in [2.75, 3.05) is 11.9 Å². The number of nitrogens with one attached hydrogen (secondary N) is 2. The zero-order valence-corrected chi connectivity index (χ0v) is 18.9. The van der Waals surface area contributed by atoms with Crippen LogP contribution in [0.4, 0.5) is 5.69 Å². The topological polar surface area (TPSA) is 96.2 Å². The average Bonchev–Trinajstić information content (AvgIpc) is 3.22. The quantitative estimate of drug-likeness (QED) is 0.489. The molecule has 168 valence electrons. The zero-order valence-electron chi connectivity index (χ0n) is 18.9. The van der Waals surface area contributed by atoms with Crippen molar-refractivity contribution in [1.29, 1.82) is 0 Å². The van der Waals surface area contributed by atoms with Crippen molar-refractivity contribution in [2.45, 2.75) is 39.8 Å². The van der Waals surface area contributed by atoms with Gasteiger partial charge in [-0.05, 0) is 50.1 Å². The molecule has 0 aliphatic heterocycles. The van der Waals surface area contributed by atoms with Crippen LogP contribution in [0.25, 0.3) is 11.3 Å². The Kier molecular flexibility index (Phi) is 7.10. The number of nitrogens with zero attached hydrogens (tertiary/aromatic N) is 2. The summed E-state index contributed by atoms with van der Waals surface area (Å²) in [5.41, 5.74) is 3.64. The van der Waals surface area contributed by atoms with E-state index in [1.807, 2.05) is 65.3 Å². The molecule has 0 spiro atoms. The van der Waals surface area contributed by atoms with E-state index >= 15 is 0 Å². The number of carboxylic acid groups (broad SMARTS) is 1. The number of hydrogen-bond acceptors (Lipinski definition) is 4. The number of carbonyl (C=O) groups excluding carboxylic acids is 1. The molecule has 0 bridgehead atoms. The summed E-state index contributed by atoms with van der Waals surface area (Å²) in [6, 6.07) is 19.2. The molecule has 7 heteroatoms. The fraction of sp³-hybridized carbons (Fsp3) is 0.320. The minimum atomic E-state index is -0.820. The molecule has 32 heavy (non-hydrogen) atoms. The third kappa shape index (κ3) is 5.82. The fourth-order valence-electron chi connectivity index (χ4n) is 3.24. The number of anilines is 1.